The monoisotopic (exact) mass is 272 g/mol. The first-order valence-corrected chi connectivity index (χ1v) is 6.28. The molecule has 0 amide bonds. The van der Waals surface area contributed by atoms with Crippen LogP contribution in [0, 0.1) is 12.7 Å². The van der Waals surface area contributed by atoms with Crippen molar-refractivity contribution in [3.63, 3.8) is 0 Å². The summed E-state index contributed by atoms with van der Waals surface area (Å²) >= 11 is 0. The summed E-state index contributed by atoms with van der Waals surface area (Å²) in [6, 6.07) is 6.46. The first-order chi connectivity index (χ1) is 8.04. The lowest BCUT2D eigenvalue weighted by molar-refractivity contribution is 0.166. The van der Waals surface area contributed by atoms with Gasteiger partial charge in [0.05, 0.1) is 0 Å². The lowest BCUT2D eigenvalue weighted by Crippen LogP contribution is -2.53. The average molecular weight is 273 g/mol. The molecule has 2 unspecified atom stereocenters. The molecule has 1 N–H and O–H groups in total. The van der Waals surface area contributed by atoms with Crippen LogP contribution >= 0.6 is 12.4 Å². The van der Waals surface area contributed by atoms with Crippen LogP contribution in [-0.4, -0.2) is 30.1 Å². The Morgan fingerprint density at radius 3 is 2.44 bits per heavy atom. The lowest BCUT2D eigenvalue weighted by Gasteiger charge is -2.36. The predicted molar refractivity (Wildman–Crippen MR) is 75.7 cm³/mol. The maximum Gasteiger partial charge on any atom is 0.126 e. The van der Waals surface area contributed by atoms with E-state index < -0.39 is 0 Å². The molecule has 1 aromatic rings. The number of aryl methyl sites for hydroxylation is 1. The van der Waals surface area contributed by atoms with Gasteiger partial charge in [0.2, 0.25) is 0 Å². The summed E-state index contributed by atoms with van der Waals surface area (Å²) in [6.45, 7) is 9.26. The van der Waals surface area contributed by atoms with Gasteiger partial charge in [-0.2, -0.15) is 0 Å². The van der Waals surface area contributed by atoms with E-state index >= 15 is 0 Å². The van der Waals surface area contributed by atoms with E-state index in [0.717, 1.165) is 25.2 Å². The molecule has 0 radical (unpaired) electrons. The second-order valence-corrected chi connectivity index (χ2v) is 5.25. The summed E-state index contributed by atoms with van der Waals surface area (Å²) in [5.41, 5.74) is 1.93. The molecule has 4 heteroatoms. The molecule has 2 nitrogen and oxygen atoms in total. The van der Waals surface area contributed by atoms with Gasteiger partial charge in [-0.05, 0) is 38.0 Å². The molecule has 0 bridgehead atoms. The van der Waals surface area contributed by atoms with E-state index in [2.05, 4.69) is 24.1 Å². The summed E-state index contributed by atoms with van der Waals surface area (Å²) in [5, 5.41) is 3.51. The lowest BCUT2D eigenvalue weighted by atomic mass is 10.1. The fraction of sp³-hybridized carbons (Fsp3) is 0.571. The molecule has 0 spiro atoms. The molecule has 2 rings (SSSR count). The fourth-order valence-electron chi connectivity index (χ4n) is 2.63. The number of nitrogens with zero attached hydrogens (tertiary/aromatic N) is 1. The number of piperazine rings is 1. The van der Waals surface area contributed by atoms with Crippen molar-refractivity contribution in [2.75, 3.05) is 13.1 Å². The molecule has 18 heavy (non-hydrogen) atoms. The van der Waals surface area contributed by atoms with E-state index in [1.807, 2.05) is 19.1 Å². The van der Waals surface area contributed by atoms with E-state index in [1.165, 1.54) is 5.56 Å². The van der Waals surface area contributed by atoms with Gasteiger partial charge in [-0.1, -0.05) is 12.1 Å². The van der Waals surface area contributed by atoms with E-state index in [-0.39, 0.29) is 18.2 Å². The van der Waals surface area contributed by atoms with Gasteiger partial charge in [0.25, 0.3) is 0 Å². The third kappa shape index (κ3) is 3.94. The van der Waals surface area contributed by atoms with Crippen LogP contribution in [0.1, 0.15) is 25.0 Å². The standard InChI is InChI=1S/C14H21FN2.ClH/c1-10-6-13(4-5-14(10)15)9-17-7-11(2)16-12(3)8-17;/h4-6,11-12,16H,7-9H2,1-3H3;1H. The predicted octanol–water partition coefficient (Wildman–Crippen LogP) is 2.74. The average Bonchev–Trinajstić information content (AvgIpc) is 2.22. The summed E-state index contributed by atoms with van der Waals surface area (Å²) in [4.78, 5) is 2.43. The second-order valence-electron chi connectivity index (χ2n) is 5.25. The Morgan fingerprint density at radius 1 is 1.28 bits per heavy atom. The molecular weight excluding hydrogens is 251 g/mol. The fourth-order valence-corrected chi connectivity index (χ4v) is 2.63. The van der Waals surface area contributed by atoms with Crippen molar-refractivity contribution < 1.29 is 4.39 Å². The molecule has 1 saturated heterocycles. The highest BCUT2D eigenvalue weighted by Crippen LogP contribution is 2.13. The first-order valence-electron chi connectivity index (χ1n) is 6.28. The van der Waals surface area contributed by atoms with Crippen LogP contribution in [0.25, 0.3) is 0 Å². The van der Waals surface area contributed by atoms with Crippen molar-refractivity contribution in [1.29, 1.82) is 0 Å². The number of hydrogen-bond acceptors (Lipinski definition) is 2. The van der Waals surface area contributed by atoms with E-state index in [4.69, 9.17) is 0 Å². The Morgan fingerprint density at radius 2 is 1.89 bits per heavy atom. The topological polar surface area (TPSA) is 15.3 Å². The highest BCUT2D eigenvalue weighted by Gasteiger charge is 2.20. The van der Waals surface area contributed by atoms with Gasteiger partial charge in [-0.3, -0.25) is 4.90 Å². The Balaban J connectivity index is 0.00000162. The van der Waals surface area contributed by atoms with Crippen LogP contribution in [0.4, 0.5) is 4.39 Å². The second kappa shape index (κ2) is 6.50. The van der Waals surface area contributed by atoms with Gasteiger partial charge in [-0.25, -0.2) is 4.39 Å². The smallest absolute Gasteiger partial charge is 0.126 e. The van der Waals surface area contributed by atoms with Crippen molar-refractivity contribution in [3.05, 3.63) is 35.1 Å². The number of halogens is 2. The highest BCUT2D eigenvalue weighted by molar-refractivity contribution is 5.85. The molecule has 1 aliphatic rings. The molecule has 1 fully saturated rings. The SMILES string of the molecule is Cc1cc(CN2CC(C)NC(C)C2)ccc1F.Cl. The van der Waals surface area contributed by atoms with Gasteiger partial charge in [0.15, 0.2) is 0 Å². The van der Waals surface area contributed by atoms with Crippen LogP contribution in [0.5, 0.6) is 0 Å². The zero-order chi connectivity index (χ0) is 12.4. The van der Waals surface area contributed by atoms with Crippen LogP contribution in [0.3, 0.4) is 0 Å². The molecule has 2 atom stereocenters. The number of hydrogen-bond donors (Lipinski definition) is 1. The Hall–Kier alpha value is -0.640. The number of benzene rings is 1. The normalized spacial score (nSPS) is 24.7. The van der Waals surface area contributed by atoms with Gasteiger partial charge in [0, 0.05) is 31.7 Å². The van der Waals surface area contributed by atoms with Crippen molar-refractivity contribution in [1.82, 2.24) is 10.2 Å². The quantitative estimate of drug-likeness (QED) is 0.891. The van der Waals surface area contributed by atoms with E-state index in [1.54, 1.807) is 6.07 Å². The molecule has 0 aromatic heterocycles. The first kappa shape index (κ1) is 15.4. The Labute approximate surface area is 115 Å². The van der Waals surface area contributed by atoms with Gasteiger partial charge >= 0.3 is 0 Å². The van der Waals surface area contributed by atoms with Gasteiger partial charge in [-0.15, -0.1) is 12.4 Å². The van der Waals surface area contributed by atoms with Crippen LogP contribution < -0.4 is 5.32 Å². The van der Waals surface area contributed by atoms with Crippen molar-refractivity contribution in [2.24, 2.45) is 0 Å². The maximum atomic E-state index is 13.2. The van der Waals surface area contributed by atoms with E-state index in [0.29, 0.717) is 12.1 Å². The molecule has 102 valence electrons. The van der Waals surface area contributed by atoms with Crippen LogP contribution in [0.15, 0.2) is 18.2 Å². The third-order valence-electron chi connectivity index (χ3n) is 3.26. The Kier molecular flexibility index (Phi) is 5.57. The molecule has 1 aliphatic heterocycles. The van der Waals surface area contributed by atoms with Crippen LogP contribution in [-0.2, 0) is 6.54 Å². The minimum Gasteiger partial charge on any atom is -0.309 e. The van der Waals surface area contributed by atoms with E-state index in [9.17, 15) is 4.39 Å². The summed E-state index contributed by atoms with van der Waals surface area (Å²) < 4.78 is 13.2. The van der Waals surface area contributed by atoms with Crippen molar-refractivity contribution in [2.45, 2.75) is 39.4 Å². The molecule has 0 saturated carbocycles. The maximum absolute atomic E-state index is 13.2. The third-order valence-corrected chi connectivity index (χ3v) is 3.26. The zero-order valence-corrected chi connectivity index (χ0v) is 12.1. The molecule has 1 aromatic carbocycles. The minimum absolute atomic E-state index is 0. The van der Waals surface area contributed by atoms with Crippen molar-refractivity contribution >= 4 is 12.4 Å². The number of rotatable bonds is 2. The summed E-state index contributed by atoms with van der Waals surface area (Å²) in [5.74, 6) is -0.115. The Bertz CT molecular complexity index is 387. The van der Waals surface area contributed by atoms with Gasteiger partial charge < -0.3 is 5.32 Å². The highest BCUT2D eigenvalue weighted by atomic mass is 35.5. The van der Waals surface area contributed by atoms with Crippen molar-refractivity contribution in [3.8, 4) is 0 Å². The zero-order valence-electron chi connectivity index (χ0n) is 11.2. The number of nitrogens with one attached hydrogen (secondary N) is 1. The van der Waals surface area contributed by atoms with Gasteiger partial charge in [0.1, 0.15) is 5.82 Å². The summed E-state index contributed by atoms with van der Waals surface area (Å²) in [6.07, 6.45) is 0. The summed E-state index contributed by atoms with van der Waals surface area (Å²) in [7, 11) is 0. The molecular formula is C14H22ClFN2. The molecule has 0 aliphatic carbocycles. The minimum atomic E-state index is -0.115. The molecule has 1 heterocycles. The largest absolute Gasteiger partial charge is 0.309 e. The van der Waals surface area contributed by atoms with Crippen LogP contribution in [0.2, 0.25) is 0 Å².